The highest BCUT2D eigenvalue weighted by atomic mass is 79.9. The first-order valence-electron chi connectivity index (χ1n) is 3.17. The second kappa shape index (κ2) is 3.66. The first-order valence-corrected chi connectivity index (χ1v) is 4.47. The van der Waals surface area contributed by atoms with Gasteiger partial charge in [-0.2, -0.15) is 4.39 Å². The van der Waals surface area contributed by atoms with E-state index in [1.807, 2.05) is 0 Å². The van der Waals surface area contributed by atoms with Gasteiger partial charge in [-0.1, -0.05) is 27.5 Å². The Hall–Kier alpha value is -0.220. The van der Waals surface area contributed by atoms with Gasteiger partial charge in [0.05, 0.1) is 11.2 Å². The zero-order valence-electron chi connectivity index (χ0n) is 6.11. The number of pyridine rings is 1. The Morgan fingerprint density at radius 2 is 2.17 bits per heavy atom. The van der Waals surface area contributed by atoms with Crippen molar-refractivity contribution < 1.29 is 8.78 Å². The lowest BCUT2D eigenvalue weighted by molar-refractivity contribution is 0.545. The molecule has 0 fully saturated rings. The molecular formula is C7H5BrClF2N. The molecule has 1 atom stereocenters. The average molecular weight is 256 g/mol. The summed E-state index contributed by atoms with van der Waals surface area (Å²) >= 11 is 8.60. The molecule has 0 aliphatic carbocycles. The zero-order valence-corrected chi connectivity index (χ0v) is 8.46. The van der Waals surface area contributed by atoms with Crippen molar-refractivity contribution in [3.8, 4) is 0 Å². The lowest BCUT2D eigenvalue weighted by atomic mass is 10.2. The standard InChI is InChI=1S/C7H5BrClF2N/c1-3(8)5-6(9)4(10)2-12-7(5)11/h2-3H,1H3. The van der Waals surface area contributed by atoms with Crippen LogP contribution in [0.3, 0.4) is 0 Å². The van der Waals surface area contributed by atoms with Crippen LogP contribution in [0.2, 0.25) is 5.02 Å². The van der Waals surface area contributed by atoms with E-state index in [2.05, 4.69) is 20.9 Å². The van der Waals surface area contributed by atoms with Gasteiger partial charge in [0.1, 0.15) is 0 Å². The number of hydrogen-bond acceptors (Lipinski definition) is 1. The van der Waals surface area contributed by atoms with Gasteiger partial charge in [0, 0.05) is 10.4 Å². The van der Waals surface area contributed by atoms with Gasteiger partial charge in [-0.3, -0.25) is 0 Å². The Morgan fingerprint density at radius 1 is 1.58 bits per heavy atom. The van der Waals surface area contributed by atoms with E-state index in [1.54, 1.807) is 6.92 Å². The van der Waals surface area contributed by atoms with E-state index >= 15 is 0 Å². The molecular weight excluding hydrogens is 251 g/mol. The number of hydrogen-bond donors (Lipinski definition) is 0. The maximum absolute atomic E-state index is 12.9. The number of rotatable bonds is 1. The number of halogens is 4. The Bertz CT molecular complexity index is 304. The van der Waals surface area contributed by atoms with Gasteiger partial charge >= 0.3 is 0 Å². The Balaban J connectivity index is 3.33. The number of alkyl halides is 1. The van der Waals surface area contributed by atoms with Crippen LogP contribution in [0.25, 0.3) is 0 Å². The molecule has 1 nitrogen and oxygen atoms in total. The second-order valence-corrected chi connectivity index (χ2v) is 3.99. The Morgan fingerprint density at radius 3 is 2.58 bits per heavy atom. The predicted octanol–water partition coefficient (Wildman–Crippen LogP) is 3.47. The van der Waals surface area contributed by atoms with E-state index in [9.17, 15) is 8.78 Å². The molecule has 0 aromatic carbocycles. The summed E-state index contributed by atoms with van der Waals surface area (Å²) in [5, 5.41) is -0.216. The smallest absolute Gasteiger partial charge is 0.218 e. The minimum atomic E-state index is -0.745. The topological polar surface area (TPSA) is 12.9 Å². The van der Waals surface area contributed by atoms with E-state index in [0.717, 1.165) is 6.20 Å². The van der Waals surface area contributed by atoms with Crippen LogP contribution < -0.4 is 0 Å². The molecule has 66 valence electrons. The molecule has 0 aliphatic heterocycles. The maximum Gasteiger partial charge on any atom is 0.218 e. The minimum absolute atomic E-state index is 0.0525. The van der Waals surface area contributed by atoms with Crippen molar-refractivity contribution in [2.75, 3.05) is 0 Å². The van der Waals surface area contributed by atoms with Crippen LogP contribution in [-0.2, 0) is 0 Å². The molecule has 1 aromatic rings. The Labute approximate surface area is 81.9 Å². The first kappa shape index (κ1) is 9.86. The highest BCUT2D eigenvalue weighted by Crippen LogP contribution is 2.31. The van der Waals surface area contributed by atoms with E-state index in [0.29, 0.717) is 0 Å². The summed E-state index contributed by atoms with van der Waals surface area (Å²) in [5.41, 5.74) is 0.0525. The van der Waals surface area contributed by atoms with Crippen molar-refractivity contribution >= 4 is 27.5 Å². The third kappa shape index (κ3) is 1.75. The van der Waals surface area contributed by atoms with Crippen molar-refractivity contribution in [3.63, 3.8) is 0 Å². The van der Waals surface area contributed by atoms with Crippen LogP contribution in [0, 0.1) is 11.8 Å². The second-order valence-electron chi connectivity index (χ2n) is 2.24. The lowest BCUT2D eigenvalue weighted by Crippen LogP contribution is -1.97. The minimum Gasteiger partial charge on any atom is -0.225 e. The summed E-state index contributed by atoms with van der Waals surface area (Å²) in [7, 11) is 0. The zero-order chi connectivity index (χ0) is 9.30. The molecule has 0 N–H and O–H groups in total. The van der Waals surface area contributed by atoms with E-state index < -0.39 is 11.8 Å². The molecule has 1 heterocycles. The largest absolute Gasteiger partial charge is 0.225 e. The van der Waals surface area contributed by atoms with Crippen molar-refractivity contribution in [1.29, 1.82) is 0 Å². The van der Waals surface area contributed by atoms with Gasteiger partial charge in [-0.15, -0.1) is 0 Å². The maximum atomic E-state index is 12.9. The van der Waals surface area contributed by atoms with E-state index in [1.165, 1.54) is 0 Å². The van der Waals surface area contributed by atoms with Crippen LogP contribution in [0.1, 0.15) is 17.3 Å². The van der Waals surface area contributed by atoms with Crippen LogP contribution in [0.15, 0.2) is 6.20 Å². The van der Waals surface area contributed by atoms with Crippen molar-refractivity contribution in [3.05, 3.63) is 28.5 Å². The van der Waals surface area contributed by atoms with Gasteiger partial charge in [-0.05, 0) is 6.92 Å². The summed E-state index contributed by atoms with van der Waals surface area (Å²) in [6.45, 7) is 1.64. The number of nitrogens with zero attached hydrogens (tertiary/aromatic N) is 1. The van der Waals surface area contributed by atoms with E-state index in [4.69, 9.17) is 11.6 Å². The Kier molecular flexibility index (Phi) is 3.01. The molecule has 0 bridgehead atoms. The molecule has 5 heteroatoms. The predicted molar refractivity (Wildman–Crippen MR) is 46.5 cm³/mol. The molecule has 1 unspecified atom stereocenters. The van der Waals surface area contributed by atoms with Gasteiger partial charge in [-0.25, -0.2) is 9.37 Å². The average Bonchev–Trinajstić information content (AvgIpc) is 1.97. The fourth-order valence-corrected chi connectivity index (χ4v) is 1.64. The summed E-state index contributed by atoms with van der Waals surface area (Å²) < 4.78 is 25.6. The monoisotopic (exact) mass is 255 g/mol. The van der Waals surface area contributed by atoms with Crippen molar-refractivity contribution in [2.24, 2.45) is 0 Å². The van der Waals surface area contributed by atoms with Crippen molar-refractivity contribution in [2.45, 2.75) is 11.8 Å². The molecule has 0 radical (unpaired) electrons. The van der Waals surface area contributed by atoms with Gasteiger partial charge in [0.2, 0.25) is 5.95 Å². The van der Waals surface area contributed by atoms with Crippen LogP contribution in [0.4, 0.5) is 8.78 Å². The van der Waals surface area contributed by atoms with Gasteiger partial charge in [0.15, 0.2) is 5.82 Å². The van der Waals surface area contributed by atoms with Crippen LogP contribution >= 0.6 is 27.5 Å². The molecule has 12 heavy (non-hydrogen) atoms. The van der Waals surface area contributed by atoms with Crippen LogP contribution in [-0.4, -0.2) is 4.98 Å². The molecule has 0 saturated carbocycles. The molecule has 0 amide bonds. The summed E-state index contributed by atoms with van der Waals surface area (Å²) in [5.74, 6) is -1.45. The summed E-state index contributed by atoms with van der Waals surface area (Å²) in [6.07, 6.45) is 0.760. The van der Waals surface area contributed by atoms with Gasteiger partial charge in [0.25, 0.3) is 0 Å². The highest BCUT2D eigenvalue weighted by Gasteiger charge is 2.16. The molecule has 0 aliphatic rings. The normalized spacial score (nSPS) is 13.1. The summed E-state index contributed by atoms with van der Waals surface area (Å²) in [4.78, 5) is 2.85. The lowest BCUT2D eigenvalue weighted by Gasteiger charge is -2.06. The fraction of sp³-hybridized carbons (Fsp3) is 0.286. The van der Waals surface area contributed by atoms with Crippen molar-refractivity contribution in [1.82, 2.24) is 4.98 Å². The third-order valence-corrected chi connectivity index (χ3v) is 2.20. The molecule has 0 spiro atoms. The highest BCUT2D eigenvalue weighted by molar-refractivity contribution is 9.09. The molecule has 1 aromatic heterocycles. The number of aromatic nitrogens is 1. The molecule has 0 saturated heterocycles. The van der Waals surface area contributed by atoms with E-state index in [-0.39, 0.29) is 15.4 Å². The first-order chi connectivity index (χ1) is 5.54. The van der Waals surface area contributed by atoms with Gasteiger partial charge < -0.3 is 0 Å². The van der Waals surface area contributed by atoms with Crippen LogP contribution in [0.5, 0.6) is 0 Å². The molecule has 1 rings (SSSR count). The SMILES string of the molecule is CC(Br)c1c(F)ncc(F)c1Cl. The summed E-state index contributed by atoms with van der Waals surface area (Å²) in [6, 6.07) is 0. The third-order valence-electron chi connectivity index (χ3n) is 1.36. The quantitative estimate of drug-likeness (QED) is 0.554. The fourth-order valence-electron chi connectivity index (χ4n) is 0.798.